The minimum atomic E-state index is -0.657. The maximum absolute atomic E-state index is 12.5. The Morgan fingerprint density at radius 1 is 0.381 bits per heavy atom. The first-order valence-corrected chi connectivity index (χ1v) is 29.0. The fourth-order valence-corrected chi connectivity index (χ4v) is 9.28. The number of aliphatic hydroxyl groups is 2. The highest BCUT2D eigenvalue weighted by Gasteiger charge is 2.20. The number of hydrogen-bond donors (Lipinski definition) is 3. The molecular weight excluding hydrogens is 771 g/mol. The molecule has 4 nitrogen and oxygen atoms in total. The molecule has 2 atom stereocenters. The van der Waals surface area contributed by atoms with Gasteiger partial charge in [-0.3, -0.25) is 4.79 Å². The zero-order valence-corrected chi connectivity index (χ0v) is 43.1. The van der Waals surface area contributed by atoms with Crippen molar-refractivity contribution >= 4 is 5.91 Å². The normalized spacial score (nSPS) is 12.9. The number of aliphatic hydroxyl groups excluding tert-OH is 2. The largest absolute Gasteiger partial charge is 0.394 e. The smallest absolute Gasteiger partial charge is 0.220 e. The Labute approximate surface area is 396 Å². The molecule has 0 aliphatic rings. The Morgan fingerprint density at radius 2 is 0.651 bits per heavy atom. The van der Waals surface area contributed by atoms with Gasteiger partial charge < -0.3 is 15.5 Å². The van der Waals surface area contributed by atoms with Crippen LogP contribution in [0.25, 0.3) is 0 Å². The van der Waals surface area contributed by atoms with E-state index >= 15 is 0 Å². The van der Waals surface area contributed by atoms with Gasteiger partial charge >= 0.3 is 0 Å². The number of amides is 1. The number of rotatable bonds is 54. The molecular formula is C59H115NO3. The van der Waals surface area contributed by atoms with Crippen LogP contribution in [0.4, 0.5) is 0 Å². The number of allylic oxidation sites excluding steroid dienone is 4. The Bertz CT molecular complexity index is 916. The average molecular weight is 887 g/mol. The van der Waals surface area contributed by atoms with Crippen LogP contribution in [0, 0.1) is 0 Å². The van der Waals surface area contributed by atoms with E-state index in [2.05, 4.69) is 43.5 Å². The van der Waals surface area contributed by atoms with Gasteiger partial charge in [0.05, 0.1) is 18.8 Å². The summed E-state index contributed by atoms with van der Waals surface area (Å²) in [6.07, 6.45) is 73.2. The molecule has 0 saturated carbocycles. The van der Waals surface area contributed by atoms with Gasteiger partial charge in [-0.25, -0.2) is 0 Å². The van der Waals surface area contributed by atoms with Crippen molar-refractivity contribution in [1.82, 2.24) is 5.32 Å². The van der Waals surface area contributed by atoms with Crippen LogP contribution in [-0.2, 0) is 4.79 Å². The summed E-state index contributed by atoms with van der Waals surface area (Å²) in [5.74, 6) is -0.0260. The molecule has 374 valence electrons. The highest BCUT2D eigenvalue weighted by molar-refractivity contribution is 5.76. The molecule has 0 aromatic rings. The summed E-state index contributed by atoms with van der Waals surface area (Å²) in [4.78, 5) is 12.5. The van der Waals surface area contributed by atoms with Crippen LogP contribution in [0.2, 0.25) is 0 Å². The molecule has 1 amide bonds. The lowest BCUT2D eigenvalue weighted by atomic mass is 10.0. The van der Waals surface area contributed by atoms with Crippen molar-refractivity contribution in [3.05, 3.63) is 24.3 Å². The van der Waals surface area contributed by atoms with E-state index in [0.717, 1.165) is 32.1 Å². The van der Waals surface area contributed by atoms with Crippen molar-refractivity contribution in [3.63, 3.8) is 0 Å². The molecule has 0 saturated heterocycles. The van der Waals surface area contributed by atoms with E-state index in [1.807, 2.05) is 0 Å². The van der Waals surface area contributed by atoms with Gasteiger partial charge in [-0.05, 0) is 44.9 Å². The first kappa shape index (κ1) is 61.9. The lowest BCUT2D eigenvalue weighted by molar-refractivity contribution is -0.123. The molecule has 0 heterocycles. The summed E-state index contributed by atoms with van der Waals surface area (Å²) in [7, 11) is 0. The second-order valence-electron chi connectivity index (χ2n) is 20.1. The van der Waals surface area contributed by atoms with Crippen LogP contribution in [0.3, 0.4) is 0 Å². The van der Waals surface area contributed by atoms with Gasteiger partial charge in [0.2, 0.25) is 5.91 Å². The fraction of sp³-hybridized carbons (Fsp3) is 0.915. The quantitative estimate of drug-likeness (QED) is 0.0421. The van der Waals surface area contributed by atoms with Gasteiger partial charge in [0, 0.05) is 6.42 Å². The monoisotopic (exact) mass is 886 g/mol. The number of nitrogens with one attached hydrogen (secondary N) is 1. The fourth-order valence-electron chi connectivity index (χ4n) is 9.28. The third kappa shape index (κ3) is 51.7. The van der Waals surface area contributed by atoms with Gasteiger partial charge in [0.15, 0.2) is 0 Å². The van der Waals surface area contributed by atoms with E-state index in [1.54, 1.807) is 0 Å². The maximum atomic E-state index is 12.5. The summed E-state index contributed by atoms with van der Waals surface area (Å²) >= 11 is 0. The predicted octanol–water partition coefficient (Wildman–Crippen LogP) is 19.1. The Morgan fingerprint density at radius 3 is 0.952 bits per heavy atom. The molecule has 0 fully saturated rings. The molecule has 0 aromatic heterocycles. The van der Waals surface area contributed by atoms with Crippen LogP contribution >= 0.6 is 0 Å². The number of carbonyl (C=O) groups excluding carboxylic acids is 1. The van der Waals surface area contributed by atoms with Gasteiger partial charge in [-0.2, -0.15) is 0 Å². The second kappa shape index (κ2) is 55.2. The van der Waals surface area contributed by atoms with Crippen molar-refractivity contribution in [1.29, 1.82) is 0 Å². The van der Waals surface area contributed by atoms with E-state index in [-0.39, 0.29) is 12.5 Å². The van der Waals surface area contributed by atoms with E-state index < -0.39 is 12.1 Å². The number of carbonyl (C=O) groups is 1. The van der Waals surface area contributed by atoms with E-state index in [1.165, 1.54) is 270 Å². The molecule has 63 heavy (non-hydrogen) atoms. The zero-order valence-electron chi connectivity index (χ0n) is 43.1. The number of hydrogen-bond acceptors (Lipinski definition) is 3. The van der Waals surface area contributed by atoms with Crippen molar-refractivity contribution in [2.75, 3.05) is 6.61 Å². The molecule has 0 aliphatic carbocycles. The molecule has 0 bridgehead atoms. The third-order valence-electron chi connectivity index (χ3n) is 13.7. The lowest BCUT2D eigenvalue weighted by Gasteiger charge is -2.22. The topological polar surface area (TPSA) is 69.6 Å². The molecule has 4 heteroatoms. The standard InChI is InChI=1S/C59H115NO3/c1-3-5-7-9-11-13-15-17-19-21-22-23-24-25-26-27-28-29-30-31-32-33-34-35-36-37-38-39-41-43-45-47-49-51-53-55-59(63)60-57(56-61)58(62)54-52-50-48-46-44-42-40-20-18-16-14-12-10-8-6-4-2/h24-25,27-28,57-58,61-62H,3-23,26,29-56H2,1-2H3,(H,60,63)/b25-24-,28-27-. The van der Waals surface area contributed by atoms with Crippen molar-refractivity contribution < 1.29 is 15.0 Å². The van der Waals surface area contributed by atoms with Gasteiger partial charge in [0.25, 0.3) is 0 Å². The van der Waals surface area contributed by atoms with Crippen LogP contribution in [0.5, 0.6) is 0 Å². The van der Waals surface area contributed by atoms with Crippen LogP contribution in [-0.4, -0.2) is 34.9 Å². The lowest BCUT2D eigenvalue weighted by Crippen LogP contribution is -2.45. The summed E-state index contributed by atoms with van der Waals surface area (Å²) < 4.78 is 0. The first-order chi connectivity index (χ1) is 31.2. The Balaban J connectivity index is 3.40. The van der Waals surface area contributed by atoms with Gasteiger partial charge in [0.1, 0.15) is 0 Å². The van der Waals surface area contributed by atoms with E-state index in [4.69, 9.17) is 0 Å². The Kier molecular flexibility index (Phi) is 54.2. The second-order valence-corrected chi connectivity index (χ2v) is 20.1. The highest BCUT2D eigenvalue weighted by atomic mass is 16.3. The SMILES string of the molecule is CCCCCCCCCCCCC/C=C\C/C=C\CCCCCCCCCCCCCCCCCCCC(=O)NC(CO)C(O)CCCCCCCCCCCCCCCCCC. The summed E-state index contributed by atoms with van der Waals surface area (Å²) in [6, 6.07) is -0.534. The highest BCUT2D eigenvalue weighted by Crippen LogP contribution is 2.18. The minimum Gasteiger partial charge on any atom is -0.394 e. The van der Waals surface area contributed by atoms with Crippen molar-refractivity contribution in [2.45, 2.75) is 341 Å². The van der Waals surface area contributed by atoms with Crippen LogP contribution in [0.15, 0.2) is 24.3 Å². The molecule has 0 rings (SSSR count). The molecule has 0 spiro atoms. The predicted molar refractivity (Wildman–Crippen MR) is 281 cm³/mol. The molecule has 0 aromatic carbocycles. The zero-order chi connectivity index (χ0) is 45.6. The van der Waals surface area contributed by atoms with Gasteiger partial charge in [-0.1, -0.05) is 301 Å². The van der Waals surface area contributed by atoms with Gasteiger partial charge in [-0.15, -0.1) is 0 Å². The number of unbranched alkanes of at least 4 members (excludes halogenated alkanes) is 43. The Hall–Kier alpha value is -1.13. The molecule has 3 N–H and O–H groups in total. The third-order valence-corrected chi connectivity index (χ3v) is 13.7. The van der Waals surface area contributed by atoms with Crippen molar-refractivity contribution in [3.8, 4) is 0 Å². The molecule has 0 aliphatic heterocycles. The summed E-state index contributed by atoms with van der Waals surface area (Å²) in [5.41, 5.74) is 0. The summed E-state index contributed by atoms with van der Waals surface area (Å²) in [6.45, 7) is 4.39. The molecule has 2 unspecified atom stereocenters. The molecule has 0 radical (unpaired) electrons. The van der Waals surface area contributed by atoms with E-state index in [0.29, 0.717) is 12.8 Å². The van der Waals surface area contributed by atoms with Crippen LogP contribution < -0.4 is 5.32 Å². The van der Waals surface area contributed by atoms with E-state index in [9.17, 15) is 15.0 Å². The van der Waals surface area contributed by atoms with Crippen molar-refractivity contribution in [2.24, 2.45) is 0 Å². The van der Waals surface area contributed by atoms with Crippen LogP contribution in [0.1, 0.15) is 328 Å². The maximum Gasteiger partial charge on any atom is 0.220 e. The first-order valence-electron chi connectivity index (χ1n) is 29.0. The average Bonchev–Trinajstić information content (AvgIpc) is 3.29. The minimum absolute atomic E-state index is 0.0260. The summed E-state index contributed by atoms with van der Waals surface area (Å²) in [5, 5.41) is 23.3.